The minimum absolute atomic E-state index is 0.747. The van der Waals surface area contributed by atoms with Crippen LogP contribution < -0.4 is 5.32 Å². The first kappa shape index (κ1) is 13.5. The lowest BCUT2D eigenvalue weighted by Crippen LogP contribution is -2.46. The largest absolute Gasteiger partial charge is 0.311 e. The normalized spacial score (nSPS) is 30.2. The molecular formula is C15H25N3S. The first-order valence-electron chi connectivity index (χ1n) is 7.64. The van der Waals surface area contributed by atoms with Gasteiger partial charge in [-0.15, -0.1) is 11.3 Å². The Morgan fingerprint density at radius 3 is 2.79 bits per heavy atom. The smallest absolute Gasteiger partial charge is 0.107 e. The third-order valence-corrected chi connectivity index (χ3v) is 5.44. The lowest BCUT2D eigenvalue weighted by atomic mass is 9.99. The first-order chi connectivity index (χ1) is 9.24. The van der Waals surface area contributed by atoms with Gasteiger partial charge in [0.25, 0.3) is 0 Å². The number of piperidine rings is 1. The molecule has 0 saturated carbocycles. The maximum atomic E-state index is 4.75. The second-order valence-electron chi connectivity index (χ2n) is 6.16. The van der Waals surface area contributed by atoms with Gasteiger partial charge >= 0.3 is 0 Å². The van der Waals surface area contributed by atoms with Crippen molar-refractivity contribution in [3.63, 3.8) is 0 Å². The van der Waals surface area contributed by atoms with Gasteiger partial charge in [0.2, 0.25) is 0 Å². The van der Waals surface area contributed by atoms with Crippen LogP contribution >= 0.6 is 11.3 Å². The van der Waals surface area contributed by atoms with Gasteiger partial charge in [0, 0.05) is 23.5 Å². The Kier molecular flexibility index (Phi) is 4.20. The van der Waals surface area contributed by atoms with Crippen molar-refractivity contribution in [3.8, 4) is 0 Å². The second-order valence-corrected chi connectivity index (χ2v) is 7.10. The lowest BCUT2D eigenvalue weighted by Gasteiger charge is -2.35. The predicted molar refractivity (Wildman–Crippen MR) is 80.5 cm³/mol. The summed E-state index contributed by atoms with van der Waals surface area (Å²) in [6.07, 6.45) is 7.72. The van der Waals surface area contributed by atoms with Crippen LogP contribution in [0, 0.1) is 0 Å². The summed E-state index contributed by atoms with van der Waals surface area (Å²) < 4.78 is 0. The fourth-order valence-corrected chi connectivity index (χ4v) is 4.41. The third-order valence-electron chi connectivity index (χ3n) is 4.56. The topological polar surface area (TPSA) is 28.2 Å². The maximum Gasteiger partial charge on any atom is 0.107 e. The van der Waals surface area contributed by atoms with E-state index < -0.39 is 0 Å². The number of hydrogen-bond acceptors (Lipinski definition) is 4. The van der Waals surface area contributed by atoms with Gasteiger partial charge < -0.3 is 5.32 Å². The first-order valence-corrected chi connectivity index (χ1v) is 8.52. The highest BCUT2D eigenvalue weighted by Crippen LogP contribution is 2.30. The van der Waals surface area contributed by atoms with Crippen LogP contribution in [-0.2, 0) is 13.0 Å². The van der Waals surface area contributed by atoms with Gasteiger partial charge in [0.1, 0.15) is 5.01 Å². The summed E-state index contributed by atoms with van der Waals surface area (Å²) in [5.41, 5.74) is 1.28. The minimum Gasteiger partial charge on any atom is -0.311 e. The summed E-state index contributed by atoms with van der Waals surface area (Å²) in [6.45, 7) is 3.24. The van der Waals surface area contributed by atoms with E-state index in [1.54, 1.807) is 0 Å². The van der Waals surface area contributed by atoms with Gasteiger partial charge in [-0.25, -0.2) is 4.98 Å². The van der Waals surface area contributed by atoms with Crippen LogP contribution in [0.15, 0.2) is 5.38 Å². The molecule has 2 fully saturated rings. The molecule has 0 aromatic carbocycles. The van der Waals surface area contributed by atoms with Crippen molar-refractivity contribution in [2.45, 2.75) is 70.1 Å². The van der Waals surface area contributed by atoms with E-state index in [0.29, 0.717) is 0 Å². The van der Waals surface area contributed by atoms with Gasteiger partial charge in [0.05, 0.1) is 12.2 Å². The number of hydrogen-bond donors (Lipinski definition) is 1. The zero-order valence-electron chi connectivity index (χ0n) is 12.1. The summed E-state index contributed by atoms with van der Waals surface area (Å²) in [7, 11) is 2.27. The van der Waals surface area contributed by atoms with E-state index in [-0.39, 0.29) is 0 Å². The average molecular weight is 279 g/mol. The van der Waals surface area contributed by atoms with Crippen LogP contribution in [0.4, 0.5) is 0 Å². The average Bonchev–Trinajstić information content (AvgIpc) is 2.97. The van der Waals surface area contributed by atoms with Gasteiger partial charge in [-0.3, -0.25) is 4.90 Å². The third kappa shape index (κ3) is 3.18. The zero-order valence-corrected chi connectivity index (χ0v) is 12.9. The van der Waals surface area contributed by atoms with Crippen LogP contribution in [-0.4, -0.2) is 35.1 Å². The Morgan fingerprint density at radius 1 is 1.37 bits per heavy atom. The molecular weight excluding hydrogens is 254 g/mol. The lowest BCUT2D eigenvalue weighted by molar-refractivity contribution is 0.165. The van der Waals surface area contributed by atoms with Gasteiger partial charge in [-0.1, -0.05) is 13.3 Å². The van der Waals surface area contributed by atoms with Crippen molar-refractivity contribution in [2.75, 3.05) is 7.05 Å². The monoisotopic (exact) mass is 279 g/mol. The molecule has 106 valence electrons. The number of aromatic nitrogens is 1. The summed E-state index contributed by atoms with van der Waals surface area (Å²) in [4.78, 5) is 7.28. The molecule has 3 nitrogen and oxygen atoms in total. The highest BCUT2D eigenvalue weighted by Gasteiger charge is 2.35. The van der Waals surface area contributed by atoms with Crippen LogP contribution in [0.2, 0.25) is 0 Å². The minimum atomic E-state index is 0.747. The molecule has 0 amide bonds. The second kappa shape index (κ2) is 5.90. The summed E-state index contributed by atoms with van der Waals surface area (Å²) in [6, 6.07) is 2.30. The van der Waals surface area contributed by atoms with Gasteiger partial charge in [-0.2, -0.15) is 0 Å². The summed E-state index contributed by atoms with van der Waals surface area (Å²) in [5, 5.41) is 7.24. The number of nitrogens with one attached hydrogen (secondary N) is 1. The van der Waals surface area contributed by atoms with Crippen LogP contribution in [0.1, 0.15) is 49.7 Å². The maximum absolute atomic E-state index is 4.75. The van der Waals surface area contributed by atoms with Crippen molar-refractivity contribution < 1.29 is 0 Å². The van der Waals surface area contributed by atoms with Crippen molar-refractivity contribution in [1.82, 2.24) is 15.2 Å². The van der Waals surface area contributed by atoms with E-state index in [9.17, 15) is 0 Å². The molecule has 1 N–H and O–H groups in total. The standard InChI is InChI=1S/C15H25N3S/c1-3-4-13-10-19-15(17-13)9-18(2)14-7-11-5-6-12(8-14)16-11/h10-12,14,16H,3-9H2,1-2H3. The Hall–Kier alpha value is -0.450. The zero-order chi connectivity index (χ0) is 13.2. The van der Waals surface area contributed by atoms with Crippen LogP contribution in [0.3, 0.4) is 0 Å². The molecule has 4 heteroatoms. The number of aryl methyl sites for hydroxylation is 1. The molecule has 1 aromatic heterocycles. The van der Waals surface area contributed by atoms with Gasteiger partial charge in [0.15, 0.2) is 0 Å². The molecule has 3 heterocycles. The summed E-state index contributed by atoms with van der Waals surface area (Å²) >= 11 is 1.83. The van der Waals surface area contributed by atoms with Gasteiger partial charge in [-0.05, 0) is 39.2 Å². The molecule has 19 heavy (non-hydrogen) atoms. The van der Waals surface area contributed by atoms with Crippen molar-refractivity contribution >= 4 is 11.3 Å². The van der Waals surface area contributed by atoms with E-state index in [1.807, 2.05) is 11.3 Å². The van der Waals surface area contributed by atoms with E-state index in [1.165, 1.54) is 42.8 Å². The molecule has 2 aliphatic rings. The molecule has 0 spiro atoms. The van der Waals surface area contributed by atoms with Crippen molar-refractivity contribution in [3.05, 3.63) is 16.1 Å². The van der Waals surface area contributed by atoms with Crippen LogP contribution in [0.5, 0.6) is 0 Å². The predicted octanol–water partition coefficient (Wildman–Crippen LogP) is 2.81. The number of rotatable bonds is 5. The molecule has 1 aromatic rings. The highest BCUT2D eigenvalue weighted by molar-refractivity contribution is 7.09. The van der Waals surface area contributed by atoms with E-state index in [4.69, 9.17) is 4.98 Å². The van der Waals surface area contributed by atoms with Crippen LogP contribution in [0.25, 0.3) is 0 Å². The molecule has 0 radical (unpaired) electrons. The SMILES string of the molecule is CCCc1csc(CN(C)C2CC3CCC(C2)N3)n1. The Bertz CT molecular complexity index is 405. The molecule has 3 rings (SSSR count). The molecule has 0 aliphatic carbocycles. The van der Waals surface area contributed by atoms with E-state index in [0.717, 1.165) is 31.1 Å². The van der Waals surface area contributed by atoms with Crippen molar-refractivity contribution in [1.29, 1.82) is 0 Å². The number of thiazole rings is 1. The van der Waals surface area contributed by atoms with E-state index >= 15 is 0 Å². The molecule has 2 saturated heterocycles. The molecule has 2 bridgehead atoms. The van der Waals surface area contributed by atoms with E-state index in [2.05, 4.69) is 29.6 Å². The number of fused-ring (bicyclic) bond motifs is 2. The number of nitrogens with zero attached hydrogens (tertiary/aromatic N) is 2. The molecule has 2 aliphatic heterocycles. The Morgan fingerprint density at radius 2 is 2.11 bits per heavy atom. The summed E-state index contributed by atoms with van der Waals surface area (Å²) in [5.74, 6) is 0. The molecule has 2 unspecified atom stereocenters. The quantitative estimate of drug-likeness (QED) is 0.898. The fraction of sp³-hybridized carbons (Fsp3) is 0.800. The molecule has 2 atom stereocenters. The Balaban J connectivity index is 1.56. The Labute approximate surface area is 120 Å². The highest BCUT2D eigenvalue weighted by atomic mass is 32.1. The van der Waals surface area contributed by atoms with Crippen molar-refractivity contribution in [2.24, 2.45) is 0 Å². The fourth-order valence-electron chi connectivity index (χ4n) is 3.52.